The molecule has 0 aliphatic rings. The Balaban J connectivity index is 3.28. The van der Waals surface area contributed by atoms with Crippen molar-refractivity contribution in [3.63, 3.8) is 0 Å². The number of nitrogen functional groups attached to an aromatic ring is 1. The molecular formula is C11H18N2O4S. The molecule has 0 aromatic heterocycles. The van der Waals surface area contributed by atoms with Crippen LogP contribution < -0.4 is 10.6 Å². The molecule has 0 aliphatic carbocycles. The number of nitrogens with two attached hydrogens (primary N) is 1. The largest absolute Gasteiger partial charge is 0.399 e. The summed E-state index contributed by atoms with van der Waals surface area (Å²) >= 11 is 0. The topological polar surface area (TPSA) is 104 Å². The van der Waals surface area contributed by atoms with Gasteiger partial charge in [0.15, 0.2) is 9.84 Å². The maximum atomic E-state index is 12.0. The molecule has 0 amide bonds. The molecule has 1 aromatic carbocycles. The predicted molar refractivity (Wildman–Crippen MR) is 70.3 cm³/mol. The quantitative estimate of drug-likeness (QED) is 0.602. The van der Waals surface area contributed by atoms with Crippen LogP contribution in [0.1, 0.15) is 0 Å². The van der Waals surface area contributed by atoms with Gasteiger partial charge in [0.05, 0.1) is 29.5 Å². The van der Waals surface area contributed by atoms with Crippen molar-refractivity contribution < 1.29 is 18.6 Å². The SMILES string of the molecule is CN(CCO)c1ccc(N)cc1S(=O)(=O)CCO. The van der Waals surface area contributed by atoms with Crippen LogP contribution in [0.25, 0.3) is 0 Å². The normalized spacial score (nSPS) is 11.5. The van der Waals surface area contributed by atoms with Gasteiger partial charge in [-0.05, 0) is 18.2 Å². The van der Waals surface area contributed by atoms with E-state index >= 15 is 0 Å². The highest BCUT2D eigenvalue weighted by Gasteiger charge is 2.20. The van der Waals surface area contributed by atoms with Gasteiger partial charge < -0.3 is 20.8 Å². The first-order valence-corrected chi connectivity index (χ1v) is 7.12. The molecule has 0 spiro atoms. The van der Waals surface area contributed by atoms with E-state index in [1.165, 1.54) is 6.07 Å². The standard InChI is InChI=1S/C11H18N2O4S/c1-13(4-5-14)10-3-2-9(12)8-11(10)18(16,17)7-6-15/h2-3,8,14-15H,4-7,12H2,1H3. The summed E-state index contributed by atoms with van der Waals surface area (Å²) in [5.41, 5.74) is 6.40. The fourth-order valence-corrected chi connectivity index (χ4v) is 2.91. The lowest BCUT2D eigenvalue weighted by atomic mass is 10.2. The van der Waals surface area contributed by atoms with E-state index in [4.69, 9.17) is 15.9 Å². The third-order valence-corrected chi connectivity index (χ3v) is 4.24. The van der Waals surface area contributed by atoms with Gasteiger partial charge in [0.1, 0.15) is 0 Å². The highest BCUT2D eigenvalue weighted by molar-refractivity contribution is 7.91. The molecule has 7 heteroatoms. The van der Waals surface area contributed by atoms with Crippen LogP contribution in [0.5, 0.6) is 0 Å². The van der Waals surface area contributed by atoms with E-state index in [9.17, 15) is 8.42 Å². The van der Waals surface area contributed by atoms with Crippen molar-refractivity contribution in [1.29, 1.82) is 0 Å². The average Bonchev–Trinajstić information content (AvgIpc) is 2.29. The molecule has 18 heavy (non-hydrogen) atoms. The second-order valence-electron chi connectivity index (χ2n) is 3.91. The minimum Gasteiger partial charge on any atom is -0.399 e. The maximum absolute atomic E-state index is 12.0. The van der Waals surface area contributed by atoms with Gasteiger partial charge in [-0.25, -0.2) is 8.42 Å². The lowest BCUT2D eigenvalue weighted by Crippen LogP contribution is -2.24. The Labute approximate surface area is 107 Å². The highest BCUT2D eigenvalue weighted by Crippen LogP contribution is 2.27. The zero-order valence-electron chi connectivity index (χ0n) is 10.2. The molecule has 0 saturated carbocycles. The van der Waals surface area contributed by atoms with Crippen LogP contribution in [0.3, 0.4) is 0 Å². The molecule has 1 aromatic rings. The molecule has 102 valence electrons. The number of hydrogen-bond acceptors (Lipinski definition) is 6. The third kappa shape index (κ3) is 3.34. The summed E-state index contributed by atoms with van der Waals surface area (Å²) in [5, 5.41) is 17.7. The minimum absolute atomic E-state index is 0.0764. The van der Waals surface area contributed by atoms with Crippen molar-refractivity contribution in [2.24, 2.45) is 0 Å². The number of hydrogen-bond donors (Lipinski definition) is 3. The Morgan fingerprint density at radius 3 is 2.50 bits per heavy atom. The van der Waals surface area contributed by atoms with E-state index in [0.717, 1.165) is 0 Å². The van der Waals surface area contributed by atoms with Crippen molar-refractivity contribution >= 4 is 21.2 Å². The van der Waals surface area contributed by atoms with Crippen LogP contribution >= 0.6 is 0 Å². The van der Waals surface area contributed by atoms with E-state index in [0.29, 0.717) is 17.9 Å². The summed E-state index contributed by atoms with van der Waals surface area (Å²) in [6, 6.07) is 4.56. The highest BCUT2D eigenvalue weighted by atomic mass is 32.2. The van der Waals surface area contributed by atoms with Crippen molar-refractivity contribution in [2.75, 3.05) is 43.2 Å². The van der Waals surface area contributed by atoms with Gasteiger partial charge in [0.2, 0.25) is 0 Å². The molecule has 0 atom stereocenters. The average molecular weight is 274 g/mol. The summed E-state index contributed by atoms with van der Waals surface area (Å²) in [6.07, 6.45) is 0. The second kappa shape index (κ2) is 6.03. The van der Waals surface area contributed by atoms with Crippen LogP contribution in [-0.2, 0) is 9.84 Å². The molecule has 0 saturated heterocycles. The third-order valence-electron chi connectivity index (χ3n) is 2.53. The van der Waals surface area contributed by atoms with Crippen LogP contribution in [0, 0.1) is 0 Å². The van der Waals surface area contributed by atoms with Gasteiger partial charge in [-0.1, -0.05) is 0 Å². The summed E-state index contributed by atoms with van der Waals surface area (Å²) in [6.45, 7) is -0.216. The smallest absolute Gasteiger partial charge is 0.182 e. The van der Waals surface area contributed by atoms with Gasteiger partial charge >= 0.3 is 0 Å². The molecule has 0 aliphatic heterocycles. The van der Waals surface area contributed by atoms with Crippen molar-refractivity contribution in [3.8, 4) is 0 Å². The number of benzene rings is 1. The van der Waals surface area contributed by atoms with E-state index in [1.54, 1.807) is 24.1 Å². The second-order valence-corrected chi connectivity index (χ2v) is 5.99. The predicted octanol–water partition coefficient (Wildman–Crippen LogP) is -0.537. The molecule has 0 unspecified atom stereocenters. The van der Waals surface area contributed by atoms with Crippen LogP contribution in [0.4, 0.5) is 11.4 Å². The Kier molecular flexibility index (Phi) is 4.94. The van der Waals surface area contributed by atoms with Gasteiger partial charge in [0.25, 0.3) is 0 Å². The van der Waals surface area contributed by atoms with Gasteiger partial charge in [0, 0.05) is 19.3 Å². The van der Waals surface area contributed by atoms with Crippen molar-refractivity contribution in [3.05, 3.63) is 18.2 Å². The fraction of sp³-hybridized carbons (Fsp3) is 0.455. The van der Waals surface area contributed by atoms with Crippen LogP contribution in [-0.4, -0.2) is 51.2 Å². The summed E-state index contributed by atoms with van der Waals surface area (Å²) < 4.78 is 24.0. The van der Waals surface area contributed by atoms with Crippen LogP contribution in [0.2, 0.25) is 0 Å². The Morgan fingerprint density at radius 2 is 1.94 bits per heavy atom. The molecule has 0 fully saturated rings. The Morgan fingerprint density at radius 1 is 1.28 bits per heavy atom. The molecular weight excluding hydrogens is 256 g/mol. The van der Waals surface area contributed by atoms with Gasteiger partial charge in [-0.2, -0.15) is 0 Å². The lowest BCUT2D eigenvalue weighted by Gasteiger charge is -2.21. The van der Waals surface area contributed by atoms with Crippen LogP contribution in [0.15, 0.2) is 23.1 Å². The minimum atomic E-state index is -3.58. The first-order chi connectivity index (χ1) is 8.42. The van der Waals surface area contributed by atoms with E-state index in [2.05, 4.69) is 0 Å². The zero-order chi connectivity index (χ0) is 13.8. The molecule has 0 heterocycles. The molecule has 1 rings (SSSR count). The number of nitrogens with zero attached hydrogens (tertiary/aromatic N) is 1. The number of likely N-dealkylation sites (N-methyl/N-ethyl adjacent to an activating group) is 1. The lowest BCUT2D eigenvalue weighted by molar-refractivity contribution is 0.304. The maximum Gasteiger partial charge on any atom is 0.182 e. The van der Waals surface area contributed by atoms with E-state index < -0.39 is 16.4 Å². The van der Waals surface area contributed by atoms with Gasteiger partial charge in [-0.3, -0.25) is 0 Å². The number of aliphatic hydroxyl groups is 2. The molecule has 0 radical (unpaired) electrons. The summed E-state index contributed by atoms with van der Waals surface area (Å²) in [5.74, 6) is -0.351. The monoisotopic (exact) mass is 274 g/mol. The summed E-state index contributed by atoms with van der Waals surface area (Å²) in [7, 11) is -1.90. The van der Waals surface area contributed by atoms with E-state index in [-0.39, 0.29) is 17.3 Å². The number of sulfone groups is 1. The molecule has 0 bridgehead atoms. The Bertz CT molecular complexity index is 502. The fourth-order valence-electron chi connectivity index (χ4n) is 1.60. The van der Waals surface area contributed by atoms with Crippen molar-refractivity contribution in [1.82, 2.24) is 0 Å². The Hall–Kier alpha value is -1.31. The van der Waals surface area contributed by atoms with Crippen molar-refractivity contribution in [2.45, 2.75) is 4.90 Å². The summed E-state index contributed by atoms with van der Waals surface area (Å²) in [4.78, 5) is 1.71. The zero-order valence-corrected chi connectivity index (χ0v) is 11.0. The molecule has 6 nitrogen and oxygen atoms in total. The first kappa shape index (κ1) is 14.7. The first-order valence-electron chi connectivity index (χ1n) is 5.47. The number of rotatable bonds is 6. The molecule has 4 N–H and O–H groups in total. The number of aliphatic hydroxyl groups excluding tert-OH is 2. The van der Waals surface area contributed by atoms with E-state index in [1.807, 2.05) is 0 Å². The number of anilines is 2. The van der Waals surface area contributed by atoms with Gasteiger partial charge in [-0.15, -0.1) is 0 Å².